The molecule has 0 amide bonds. The highest BCUT2D eigenvalue weighted by Gasteiger charge is 1.67. The zero-order valence-electron chi connectivity index (χ0n) is 4.96. The summed E-state index contributed by atoms with van der Waals surface area (Å²) in [5, 5.41) is 0. The van der Waals surface area contributed by atoms with Gasteiger partial charge in [0.2, 0.25) is 0 Å². The molecule has 0 aliphatic carbocycles. The fourth-order valence-electron chi connectivity index (χ4n) is 0.273. The van der Waals surface area contributed by atoms with E-state index >= 15 is 0 Å². The Balaban J connectivity index is 3.57. The average Bonchev–Trinajstić information content (AvgIpc) is 1.66. The molecule has 0 N–H and O–H groups in total. The molecule has 0 heterocycles. The van der Waals surface area contributed by atoms with Crippen molar-refractivity contribution in [1.82, 2.24) is 0 Å². The van der Waals surface area contributed by atoms with Crippen LogP contribution in [0.5, 0.6) is 0 Å². The van der Waals surface area contributed by atoms with Crippen molar-refractivity contribution in [3.63, 3.8) is 0 Å². The molecular formula is C7H10S. The zero-order valence-corrected chi connectivity index (χ0v) is 5.86. The van der Waals surface area contributed by atoms with Crippen molar-refractivity contribution in [1.29, 1.82) is 0 Å². The van der Waals surface area contributed by atoms with Crippen LogP contribution in [-0.4, -0.2) is 0 Å². The Morgan fingerprint density at radius 2 is 2.12 bits per heavy atom. The Morgan fingerprint density at radius 1 is 1.50 bits per heavy atom. The molecule has 0 fully saturated rings. The van der Waals surface area contributed by atoms with Gasteiger partial charge in [0.1, 0.15) is 0 Å². The lowest BCUT2D eigenvalue weighted by atomic mass is 10.4. The average molecular weight is 126 g/mol. The summed E-state index contributed by atoms with van der Waals surface area (Å²) in [7, 11) is 0. The Bertz CT molecular complexity index is 116. The van der Waals surface area contributed by atoms with E-state index in [4.69, 9.17) is 0 Å². The summed E-state index contributed by atoms with van der Waals surface area (Å²) < 4.78 is 0. The molecule has 0 aromatic heterocycles. The van der Waals surface area contributed by atoms with E-state index in [0.717, 1.165) is 4.91 Å². The minimum atomic E-state index is 1.00. The number of thiol groups is 1. The molecule has 0 aromatic rings. The molecule has 8 heavy (non-hydrogen) atoms. The highest BCUT2D eigenvalue weighted by Crippen LogP contribution is 1.95. The van der Waals surface area contributed by atoms with Gasteiger partial charge in [-0.1, -0.05) is 30.9 Å². The van der Waals surface area contributed by atoms with Crippen molar-refractivity contribution in [2.45, 2.75) is 6.92 Å². The van der Waals surface area contributed by atoms with Crippen molar-refractivity contribution in [2.75, 3.05) is 0 Å². The molecule has 0 saturated carbocycles. The number of rotatable bonds is 2. The molecule has 0 aromatic carbocycles. The topological polar surface area (TPSA) is 0 Å². The van der Waals surface area contributed by atoms with Crippen molar-refractivity contribution in [3.8, 4) is 0 Å². The van der Waals surface area contributed by atoms with Crippen LogP contribution in [-0.2, 0) is 0 Å². The normalized spacial score (nSPS) is 12.5. The lowest BCUT2D eigenvalue weighted by Crippen LogP contribution is -1.52. The maximum Gasteiger partial charge on any atom is -0.0215 e. The minimum absolute atomic E-state index is 1.00. The van der Waals surface area contributed by atoms with Crippen LogP contribution < -0.4 is 0 Å². The smallest absolute Gasteiger partial charge is 0.0215 e. The second-order valence-corrected chi connectivity index (χ2v) is 2.13. The van der Waals surface area contributed by atoms with Gasteiger partial charge in [0, 0.05) is 0 Å². The summed E-state index contributed by atoms with van der Waals surface area (Å²) in [6.45, 7) is 5.44. The molecule has 0 aliphatic heterocycles. The van der Waals surface area contributed by atoms with Crippen LogP contribution in [0.4, 0.5) is 0 Å². The molecule has 44 valence electrons. The predicted octanol–water partition coefficient (Wildman–Crippen LogP) is 2.56. The molecule has 0 nitrogen and oxygen atoms in total. The van der Waals surface area contributed by atoms with E-state index in [-0.39, 0.29) is 0 Å². The van der Waals surface area contributed by atoms with Gasteiger partial charge in [0.15, 0.2) is 0 Å². The van der Waals surface area contributed by atoms with Crippen molar-refractivity contribution in [2.24, 2.45) is 0 Å². The first-order valence-electron chi connectivity index (χ1n) is 2.42. The fourth-order valence-corrected chi connectivity index (χ4v) is 0.359. The van der Waals surface area contributed by atoms with Crippen molar-refractivity contribution < 1.29 is 0 Å². The lowest BCUT2D eigenvalue weighted by Gasteiger charge is -1.77. The summed E-state index contributed by atoms with van der Waals surface area (Å²) in [5.41, 5.74) is 0. The molecule has 0 spiro atoms. The van der Waals surface area contributed by atoms with Gasteiger partial charge in [-0.25, -0.2) is 0 Å². The maximum atomic E-state index is 4.05. The molecule has 1 heteroatoms. The van der Waals surface area contributed by atoms with Gasteiger partial charge in [-0.05, 0) is 11.8 Å². The standard InChI is InChI=1S/C7H10S/c1-3-4-5-6-7(2)8/h3-6,8H,1H2,2H3/b5-4-,7-6+. The third-order valence-electron chi connectivity index (χ3n) is 0.585. The van der Waals surface area contributed by atoms with E-state index in [1.807, 2.05) is 25.2 Å². The highest BCUT2D eigenvalue weighted by molar-refractivity contribution is 7.84. The molecule has 0 rings (SSSR count). The fraction of sp³-hybridized carbons (Fsp3) is 0.143. The van der Waals surface area contributed by atoms with Crippen LogP contribution >= 0.6 is 12.6 Å². The van der Waals surface area contributed by atoms with Gasteiger partial charge in [-0.15, -0.1) is 12.6 Å². The van der Waals surface area contributed by atoms with Gasteiger partial charge >= 0.3 is 0 Å². The molecule has 0 radical (unpaired) electrons. The second-order valence-electron chi connectivity index (χ2n) is 1.43. The summed E-state index contributed by atoms with van der Waals surface area (Å²) >= 11 is 4.05. The van der Waals surface area contributed by atoms with Crippen molar-refractivity contribution in [3.05, 3.63) is 35.8 Å². The molecular weight excluding hydrogens is 116 g/mol. The first-order chi connectivity index (χ1) is 3.77. The Hall–Kier alpha value is -0.430. The Labute approximate surface area is 56.0 Å². The van der Waals surface area contributed by atoms with Gasteiger partial charge in [-0.2, -0.15) is 0 Å². The number of allylic oxidation sites excluding steroid dienone is 5. The van der Waals surface area contributed by atoms with Crippen LogP contribution in [0.2, 0.25) is 0 Å². The van der Waals surface area contributed by atoms with E-state index in [2.05, 4.69) is 19.2 Å². The molecule has 0 atom stereocenters. The lowest BCUT2D eigenvalue weighted by molar-refractivity contribution is 1.68. The Kier molecular flexibility index (Phi) is 4.47. The molecule has 0 saturated heterocycles. The number of hydrogen-bond acceptors (Lipinski definition) is 1. The first-order valence-corrected chi connectivity index (χ1v) is 2.87. The van der Waals surface area contributed by atoms with E-state index in [9.17, 15) is 0 Å². The largest absolute Gasteiger partial charge is 0.148 e. The van der Waals surface area contributed by atoms with Crippen LogP contribution in [0.3, 0.4) is 0 Å². The zero-order chi connectivity index (χ0) is 6.41. The quantitative estimate of drug-likeness (QED) is 0.426. The highest BCUT2D eigenvalue weighted by atomic mass is 32.1. The van der Waals surface area contributed by atoms with Gasteiger partial charge in [-0.3, -0.25) is 0 Å². The molecule has 0 unspecified atom stereocenters. The first kappa shape index (κ1) is 7.57. The van der Waals surface area contributed by atoms with E-state index in [0.29, 0.717) is 0 Å². The van der Waals surface area contributed by atoms with Crippen LogP contribution in [0, 0.1) is 0 Å². The van der Waals surface area contributed by atoms with Crippen molar-refractivity contribution >= 4 is 12.6 Å². The van der Waals surface area contributed by atoms with Gasteiger partial charge < -0.3 is 0 Å². The van der Waals surface area contributed by atoms with E-state index in [1.165, 1.54) is 0 Å². The number of hydrogen-bond donors (Lipinski definition) is 1. The van der Waals surface area contributed by atoms with Crippen LogP contribution in [0.15, 0.2) is 35.8 Å². The predicted molar refractivity (Wildman–Crippen MR) is 42.1 cm³/mol. The summed E-state index contributed by atoms with van der Waals surface area (Å²) in [5.74, 6) is 0. The van der Waals surface area contributed by atoms with Gasteiger partial charge in [0.05, 0.1) is 0 Å². The van der Waals surface area contributed by atoms with Crippen LogP contribution in [0.1, 0.15) is 6.92 Å². The maximum absolute atomic E-state index is 4.05. The summed E-state index contributed by atoms with van der Waals surface area (Å²) in [6, 6.07) is 0. The summed E-state index contributed by atoms with van der Waals surface area (Å²) in [4.78, 5) is 1.00. The minimum Gasteiger partial charge on any atom is -0.148 e. The molecule has 0 aliphatic rings. The van der Waals surface area contributed by atoms with E-state index < -0.39 is 0 Å². The van der Waals surface area contributed by atoms with E-state index in [1.54, 1.807) is 6.08 Å². The van der Waals surface area contributed by atoms with Gasteiger partial charge in [0.25, 0.3) is 0 Å². The summed E-state index contributed by atoms with van der Waals surface area (Å²) in [6.07, 6.45) is 7.40. The third-order valence-corrected chi connectivity index (χ3v) is 0.734. The van der Waals surface area contributed by atoms with Crippen LogP contribution in [0.25, 0.3) is 0 Å². The monoisotopic (exact) mass is 126 g/mol. The molecule has 0 bridgehead atoms. The SMILES string of the molecule is C=C/C=C\C=C(/C)S. The third kappa shape index (κ3) is 5.57. The second kappa shape index (κ2) is 4.72. The Morgan fingerprint density at radius 3 is 2.50 bits per heavy atom.